The summed E-state index contributed by atoms with van der Waals surface area (Å²) in [6.07, 6.45) is -5.94. The molecular weight excluding hydrogens is 345 g/mol. The fraction of sp³-hybridized carbons (Fsp3) is 0.150. The summed E-state index contributed by atoms with van der Waals surface area (Å²) in [5.41, 5.74) is -0.571. The lowest BCUT2D eigenvalue weighted by Crippen LogP contribution is -2.29. The van der Waals surface area contributed by atoms with Crippen LogP contribution in [0.3, 0.4) is 0 Å². The molecule has 0 aliphatic heterocycles. The summed E-state index contributed by atoms with van der Waals surface area (Å²) >= 11 is 0. The molecule has 0 radical (unpaired) electrons. The molecular formula is C20H15F3O3. The highest BCUT2D eigenvalue weighted by atomic mass is 19.4. The molecule has 0 heterocycles. The first kappa shape index (κ1) is 17.8. The molecule has 134 valence electrons. The molecule has 26 heavy (non-hydrogen) atoms. The van der Waals surface area contributed by atoms with E-state index in [2.05, 4.69) is 0 Å². The minimum Gasteiger partial charge on any atom is -0.478 e. The van der Waals surface area contributed by atoms with Crippen LogP contribution in [0.2, 0.25) is 0 Å². The monoisotopic (exact) mass is 360 g/mol. The van der Waals surface area contributed by atoms with Gasteiger partial charge in [0, 0.05) is 6.42 Å². The molecule has 0 saturated carbocycles. The first-order valence-electron chi connectivity index (χ1n) is 7.87. The van der Waals surface area contributed by atoms with E-state index in [1.54, 1.807) is 18.2 Å². The number of carboxylic acids is 1. The van der Waals surface area contributed by atoms with Gasteiger partial charge in [-0.2, -0.15) is 13.2 Å². The number of fused-ring (bicyclic) bond motifs is 1. The SMILES string of the molecule is O=C(O)[C@@H](Cc1cccc(C(F)(F)F)c1)Oc1ccc2ccccc2c1. The molecule has 1 N–H and O–H groups in total. The third-order valence-corrected chi connectivity index (χ3v) is 3.95. The van der Waals surface area contributed by atoms with E-state index in [9.17, 15) is 23.1 Å². The number of hydrogen-bond acceptors (Lipinski definition) is 2. The second kappa shape index (κ2) is 7.07. The van der Waals surface area contributed by atoms with Gasteiger partial charge in [0.2, 0.25) is 0 Å². The normalized spacial score (nSPS) is 12.7. The van der Waals surface area contributed by atoms with Crippen molar-refractivity contribution < 1.29 is 27.8 Å². The zero-order valence-corrected chi connectivity index (χ0v) is 13.5. The van der Waals surface area contributed by atoms with E-state index in [1.165, 1.54) is 12.1 Å². The van der Waals surface area contributed by atoms with Gasteiger partial charge in [-0.05, 0) is 34.5 Å². The van der Waals surface area contributed by atoms with Crippen LogP contribution in [0.4, 0.5) is 13.2 Å². The van der Waals surface area contributed by atoms with Gasteiger partial charge in [0.1, 0.15) is 5.75 Å². The van der Waals surface area contributed by atoms with Gasteiger partial charge in [0.05, 0.1) is 5.56 Å². The Hall–Kier alpha value is -3.02. The van der Waals surface area contributed by atoms with E-state index in [-0.39, 0.29) is 12.0 Å². The summed E-state index contributed by atoms with van der Waals surface area (Å²) in [5.74, 6) is -0.890. The lowest BCUT2D eigenvalue weighted by atomic mass is 10.0. The molecule has 3 aromatic rings. The van der Waals surface area contributed by atoms with Gasteiger partial charge >= 0.3 is 12.1 Å². The highest BCUT2D eigenvalue weighted by molar-refractivity contribution is 5.84. The predicted molar refractivity (Wildman–Crippen MR) is 91.1 cm³/mol. The van der Waals surface area contributed by atoms with Gasteiger partial charge in [-0.15, -0.1) is 0 Å². The largest absolute Gasteiger partial charge is 0.478 e. The molecule has 0 aromatic heterocycles. The van der Waals surface area contributed by atoms with E-state index >= 15 is 0 Å². The molecule has 0 spiro atoms. The van der Waals surface area contributed by atoms with Crippen molar-refractivity contribution in [3.05, 3.63) is 77.9 Å². The number of aliphatic carboxylic acids is 1. The summed E-state index contributed by atoms with van der Waals surface area (Å²) in [4.78, 5) is 11.5. The zero-order chi connectivity index (χ0) is 18.7. The predicted octanol–water partition coefficient (Wildman–Crippen LogP) is 4.93. The van der Waals surface area contributed by atoms with Gasteiger partial charge < -0.3 is 9.84 Å². The van der Waals surface area contributed by atoms with Crippen LogP contribution in [0.1, 0.15) is 11.1 Å². The highest BCUT2D eigenvalue weighted by Crippen LogP contribution is 2.30. The minimum atomic E-state index is -4.48. The van der Waals surface area contributed by atoms with Crippen molar-refractivity contribution in [2.75, 3.05) is 0 Å². The maximum atomic E-state index is 12.8. The van der Waals surface area contributed by atoms with E-state index in [4.69, 9.17) is 4.74 Å². The van der Waals surface area contributed by atoms with Crippen LogP contribution in [0, 0.1) is 0 Å². The van der Waals surface area contributed by atoms with Crippen molar-refractivity contribution in [2.45, 2.75) is 18.7 Å². The van der Waals surface area contributed by atoms with Gasteiger partial charge in [0.15, 0.2) is 6.10 Å². The molecule has 0 unspecified atom stereocenters. The Kier molecular flexibility index (Phi) is 4.84. The topological polar surface area (TPSA) is 46.5 Å². The van der Waals surface area contributed by atoms with E-state index in [0.29, 0.717) is 5.75 Å². The van der Waals surface area contributed by atoms with Crippen molar-refractivity contribution in [2.24, 2.45) is 0 Å². The number of carboxylic acid groups (broad SMARTS) is 1. The van der Waals surface area contributed by atoms with Crippen LogP contribution in [0.25, 0.3) is 10.8 Å². The van der Waals surface area contributed by atoms with Gasteiger partial charge in [-0.1, -0.05) is 48.5 Å². The quantitative estimate of drug-likeness (QED) is 0.701. The van der Waals surface area contributed by atoms with E-state index in [1.807, 2.05) is 24.3 Å². The van der Waals surface area contributed by atoms with Crippen molar-refractivity contribution in [3.63, 3.8) is 0 Å². The number of benzene rings is 3. The Morgan fingerprint density at radius 2 is 1.69 bits per heavy atom. The maximum absolute atomic E-state index is 12.8. The van der Waals surface area contributed by atoms with Crippen LogP contribution < -0.4 is 4.74 Å². The second-order valence-corrected chi connectivity index (χ2v) is 5.86. The molecule has 0 aliphatic carbocycles. The van der Waals surface area contributed by atoms with Crippen LogP contribution in [-0.4, -0.2) is 17.2 Å². The number of ether oxygens (including phenoxy) is 1. The Bertz CT molecular complexity index is 935. The van der Waals surface area contributed by atoms with Crippen LogP contribution in [0.5, 0.6) is 5.75 Å². The summed E-state index contributed by atoms with van der Waals surface area (Å²) in [6.45, 7) is 0. The molecule has 3 rings (SSSR count). The van der Waals surface area contributed by atoms with Crippen molar-refractivity contribution >= 4 is 16.7 Å². The number of hydrogen-bond donors (Lipinski definition) is 1. The average molecular weight is 360 g/mol. The Labute approximate surface area is 147 Å². The Morgan fingerprint density at radius 1 is 0.962 bits per heavy atom. The van der Waals surface area contributed by atoms with E-state index in [0.717, 1.165) is 22.9 Å². The Morgan fingerprint density at radius 3 is 2.38 bits per heavy atom. The summed E-state index contributed by atoms with van der Waals surface area (Å²) < 4.78 is 44.0. The molecule has 0 aliphatic rings. The molecule has 6 heteroatoms. The average Bonchev–Trinajstić information content (AvgIpc) is 2.60. The molecule has 3 aromatic carbocycles. The number of rotatable bonds is 5. The molecule has 0 amide bonds. The number of carbonyl (C=O) groups is 1. The number of alkyl halides is 3. The standard InChI is InChI=1S/C20H15F3O3/c21-20(22,23)16-7-3-4-13(10-16)11-18(19(24)25)26-17-9-8-14-5-1-2-6-15(14)12-17/h1-10,12,18H,11H2,(H,24,25)/t18-/m1/s1. The highest BCUT2D eigenvalue weighted by Gasteiger charge is 2.31. The Balaban J connectivity index is 1.82. The minimum absolute atomic E-state index is 0.175. The van der Waals surface area contributed by atoms with E-state index < -0.39 is 23.8 Å². The molecule has 0 bridgehead atoms. The first-order valence-corrected chi connectivity index (χ1v) is 7.87. The van der Waals surface area contributed by atoms with Crippen molar-refractivity contribution in [1.29, 1.82) is 0 Å². The summed E-state index contributed by atoms with van der Waals surface area (Å²) in [7, 11) is 0. The van der Waals surface area contributed by atoms with Crippen LogP contribution >= 0.6 is 0 Å². The molecule has 3 nitrogen and oxygen atoms in total. The lowest BCUT2D eigenvalue weighted by Gasteiger charge is -2.16. The van der Waals surface area contributed by atoms with Crippen molar-refractivity contribution in [3.8, 4) is 5.75 Å². The van der Waals surface area contributed by atoms with Crippen LogP contribution in [0.15, 0.2) is 66.7 Å². The molecule has 1 atom stereocenters. The third kappa shape index (κ3) is 4.14. The fourth-order valence-corrected chi connectivity index (χ4v) is 2.67. The molecule has 0 fully saturated rings. The first-order chi connectivity index (χ1) is 12.3. The zero-order valence-electron chi connectivity index (χ0n) is 13.5. The molecule has 0 saturated heterocycles. The fourth-order valence-electron chi connectivity index (χ4n) is 2.67. The summed E-state index contributed by atoms with van der Waals surface area (Å²) in [6, 6.07) is 17.3. The van der Waals surface area contributed by atoms with Crippen molar-refractivity contribution in [1.82, 2.24) is 0 Å². The number of halogens is 3. The van der Waals surface area contributed by atoms with Gasteiger partial charge in [0.25, 0.3) is 0 Å². The second-order valence-electron chi connectivity index (χ2n) is 5.86. The van der Waals surface area contributed by atoms with Gasteiger partial charge in [-0.3, -0.25) is 0 Å². The maximum Gasteiger partial charge on any atom is 0.416 e. The van der Waals surface area contributed by atoms with Crippen LogP contribution in [-0.2, 0) is 17.4 Å². The summed E-state index contributed by atoms with van der Waals surface area (Å²) in [5, 5.41) is 11.3. The third-order valence-electron chi connectivity index (χ3n) is 3.95. The smallest absolute Gasteiger partial charge is 0.416 e. The lowest BCUT2D eigenvalue weighted by molar-refractivity contribution is -0.145. The van der Waals surface area contributed by atoms with Gasteiger partial charge in [-0.25, -0.2) is 4.79 Å².